The van der Waals surface area contributed by atoms with Crippen LogP contribution in [0, 0.1) is 5.92 Å². The largest absolute Gasteiger partial charge is 0.496 e. The van der Waals surface area contributed by atoms with Gasteiger partial charge >= 0.3 is 0 Å². The Bertz CT molecular complexity index is 922. The number of anilines is 1. The smallest absolute Gasteiger partial charge is 0.260 e. The van der Waals surface area contributed by atoms with Crippen molar-refractivity contribution < 1.29 is 23.8 Å². The number of methoxy groups -OCH3 is 3. The third-order valence-corrected chi connectivity index (χ3v) is 6.11. The molecule has 3 N–H and O–H groups in total. The zero-order valence-electron chi connectivity index (χ0n) is 16.4. The van der Waals surface area contributed by atoms with E-state index in [-0.39, 0.29) is 5.56 Å². The average Bonchev–Trinajstić information content (AvgIpc) is 3.03. The standard InChI is InChI=1S/C20H24N2O5S/c1-10-5-6-11-16(7-10)28-20(17(11)18(21)23)22-19(24)12-8-14(26-3)15(27-4)9-13(12)25-2/h8-10H,5-7H2,1-4H3,(H2,21,23)(H,22,24)/t10-/m1/s1. The summed E-state index contributed by atoms with van der Waals surface area (Å²) in [6.45, 7) is 2.18. The monoisotopic (exact) mass is 404 g/mol. The molecule has 1 atom stereocenters. The van der Waals surface area contributed by atoms with E-state index < -0.39 is 11.8 Å². The number of thiophene rings is 1. The van der Waals surface area contributed by atoms with Crippen molar-refractivity contribution >= 4 is 28.2 Å². The molecule has 8 heteroatoms. The van der Waals surface area contributed by atoms with Gasteiger partial charge in [0, 0.05) is 17.0 Å². The molecule has 0 spiro atoms. The third kappa shape index (κ3) is 3.64. The highest BCUT2D eigenvalue weighted by molar-refractivity contribution is 7.17. The molecule has 3 rings (SSSR count). The van der Waals surface area contributed by atoms with Crippen LogP contribution in [0.25, 0.3) is 0 Å². The van der Waals surface area contributed by atoms with E-state index in [1.54, 1.807) is 12.1 Å². The summed E-state index contributed by atoms with van der Waals surface area (Å²) < 4.78 is 15.9. The Balaban J connectivity index is 1.99. The highest BCUT2D eigenvalue weighted by Gasteiger charge is 2.28. The summed E-state index contributed by atoms with van der Waals surface area (Å²) in [5.41, 5.74) is 7.28. The van der Waals surface area contributed by atoms with Crippen LogP contribution >= 0.6 is 11.3 Å². The molecule has 1 aliphatic rings. The van der Waals surface area contributed by atoms with Gasteiger partial charge in [0.1, 0.15) is 10.8 Å². The molecule has 0 radical (unpaired) electrons. The van der Waals surface area contributed by atoms with Crippen LogP contribution in [-0.2, 0) is 12.8 Å². The van der Waals surface area contributed by atoms with Crippen molar-refractivity contribution in [1.82, 2.24) is 0 Å². The van der Waals surface area contributed by atoms with E-state index in [1.165, 1.54) is 32.7 Å². The number of primary amides is 1. The lowest BCUT2D eigenvalue weighted by Crippen LogP contribution is -2.19. The minimum Gasteiger partial charge on any atom is -0.496 e. The van der Waals surface area contributed by atoms with Crippen molar-refractivity contribution in [3.05, 3.63) is 33.7 Å². The van der Waals surface area contributed by atoms with Crippen molar-refractivity contribution in [2.24, 2.45) is 11.7 Å². The number of benzene rings is 1. The maximum atomic E-state index is 13.0. The lowest BCUT2D eigenvalue weighted by molar-refractivity contribution is 0.1000. The van der Waals surface area contributed by atoms with Crippen LogP contribution in [0.1, 0.15) is 44.5 Å². The molecule has 7 nitrogen and oxygen atoms in total. The van der Waals surface area contributed by atoms with Crippen LogP contribution in [0.2, 0.25) is 0 Å². The van der Waals surface area contributed by atoms with E-state index in [2.05, 4.69) is 12.2 Å². The van der Waals surface area contributed by atoms with Gasteiger partial charge in [0.15, 0.2) is 11.5 Å². The van der Waals surface area contributed by atoms with Gasteiger partial charge in [-0.25, -0.2) is 0 Å². The molecule has 1 aliphatic carbocycles. The number of hydrogen-bond acceptors (Lipinski definition) is 6. The first-order chi connectivity index (χ1) is 13.4. The minimum atomic E-state index is -0.526. The fraction of sp³-hybridized carbons (Fsp3) is 0.400. The van der Waals surface area contributed by atoms with Gasteiger partial charge in [0.2, 0.25) is 0 Å². The maximum absolute atomic E-state index is 13.0. The van der Waals surface area contributed by atoms with Crippen LogP contribution in [0.3, 0.4) is 0 Å². The van der Waals surface area contributed by atoms with E-state index >= 15 is 0 Å². The van der Waals surface area contributed by atoms with Gasteiger partial charge in [0.25, 0.3) is 11.8 Å². The third-order valence-electron chi connectivity index (χ3n) is 4.94. The van der Waals surface area contributed by atoms with Gasteiger partial charge in [-0.3, -0.25) is 9.59 Å². The van der Waals surface area contributed by atoms with Crippen molar-refractivity contribution in [3.63, 3.8) is 0 Å². The summed E-state index contributed by atoms with van der Waals surface area (Å²) >= 11 is 1.42. The highest BCUT2D eigenvalue weighted by Crippen LogP contribution is 2.40. The van der Waals surface area contributed by atoms with Gasteiger partial charge in [-0.1, -0.05) is 6.92 Å². The van der Waals surface area contributed by atoms with E-state index in [9.17, 15) is 9.59 Å². The molecule has 28 heavy (non-hydrogen) atoms. The Labute approximate surface area is 167 Å². The Morgan fingerprint density at radius 3 is 2.36 bits per heavy atom. The van der Waals surface area contributed by atoms with Crippen LogP contribution in [0.4, 0.5) is 5.00 Å². The Hall–Kier alpha value is -2.74. The van der Waals surface area contributed by atoms with E-state index in [1.807, 2.05) is 0 Å². The van der Waals surface area contributed by atoms with Gasteiger partial charge in [-0.2, -0.15) is 0 Å². The number of amides is 2. The second-order valence-corrected chi connectivity index (χ2v) is 7.89. The molecule has 2 amide bonds. The quantitative estimate of drug-likeness (QED) is 0.770. The summed E-state index contributed by atoms with van der Waals surface area (Å²) in [4.78, 5) is 26.2. The molecular formula is C20H24N2O5S. The minimum absolute atomic E-state index is 0.273. The Kier molecular flexibility index (Phi) is 5.79. The predicted molar refractivity (Wildman–Crippen MR) is 108 cm³/mol. The predicted octanol–water partition coefficient (Wildman–Crippen LogP) is 3.25. The van der Waals surface area contributed by atoms with Crippen molar-refractivity contribution in [3.8, 4) is 17.2 Å². The van der Waals surface area contributed by atoms with Gasteiger partial charge < -0.3 is 25.3 Å². The van der Waals surface area contributed by atoms with E-state index in [0.29, 0.717) is 33.7 Å². The molecule has 1 heterocycles. The van der Waals surface area contributed by atoms with Crippen molar-refractivity contribution in [2.75, 3.05) is 26.6 Å². The summed E-state index contributed by atoms with van der Waals surface area (Å²) in [5, 5.41) is 3.33. The second kappa shape index (κ2) is 8.10. The summed E-state index contributed by atoms with van der Waals surface area (Å²) in [7, 11) is 4.47. The maximum Gasteiger partial charge on any atom is 0.260 e. The summed E-state index contributed by atoms with van der Waals surface area (Å²) in [5.74, 6) is 0.804. The molecule has 1 aromatic heterocycles. The first kappa shape index (κ1) is 20.0. The summed E-state index contributed by atoms with van der Waals surface area (Å²) in [6.07, 6.45) is 2.68. The summed E-state index contributed by atoms with van der Waals surface area (Å²) in [6, 6.07) is 3.14. The molecular weight excluding hydrogens is 380 g/mol. The normalized spacial score (nSPS) is 15.5. The molecule has 0 fully saturated rings. The van der Waals surface area contributed by atoms with Crippen LogP contribution < -0.4 is 25.3 Å². The van der Waals surface area contributed by atoms with Crippen LogP contribution in [0.15, 0.2) is 12.1 Å². The first-order valence-electron chi connectivity index (χ1n) is 8.95. The van der Waals surface area contributed by atoms with Gasteiger partial charge in [-0.15, -0.1) is 11.3 Å². The number of ether oxygens (including phenoxy) is 3. The molecule has 0 unspecified atom stereocenters. The Morgan fingerprint density at radius 2 is 1.75 bits per heavy atom. The number of hydrogen-bond donors (Lipinski definition) is 2. The van der Waals surface area contributed by atoms with Gasteiger partial charge in [-0.05, 0) is 30.7 Å². The number of fused-ring (bicyclic) bond motifs is 1. The molecule has 150 valence electrons. The molecule has 2 aromatic rings. The molecule has 0 bridgehead atoms. The Morgan fingerprint density at radius 1 is 1.11 bits per heavy atom. The van der Waals surface area contributed by atoms with Crippen molar-refractivity contribution in [1.29, 1.82) is 0 Å². The number of carbonyl (C=O) groups excluding carboxylic acids is 2. The lowest BCUT2D eigenvalue weighted by Gasteiger charge is -2.18. The number of carbonyl (C=O) groups is 2. The fourth-order valence-corrected chi connectivity index (χ4v) is 4.89. The number of nitrogens with two attached hydrogens (primary N) is 1. The van der Waals surface area contributed by atoms with Crippen LogP contribution in [0.5, 0.6) is 17.2 Å². The fourth-order valence-electron chi connectivity index (χ4n) is 3.48. The number of rotatable bonds is 6. The second-order valence-electron chi connectivity index (χ2n) is 6.78. The van der Waals surface area contributed by atoms with Gasteiger partial charge in [0.05, 0.1) is 32.5 Å². The molecule has 1 aromatic carbocycles. The molecule has 0 saturated carbocycles. The molecule has 0 aliphatic heterocycles. The molecule has 0 saturated heterocycles. The van der Waals surface area contributed by atoms with Crippen molar-refractivity contribution in [2.45, 2.75) is 26.2 Å². The zero-order chi connectivity index (χ0) is 20.4. The SMILES string of the molecule is COc1cc(OC)c(C(=O)Nc2sc3c(c2C(N)=O)CC[C@@H](C)C3)cc1OC. The van der Waals surface area contributed by atoms with Crippen LogP contribution in [-0.4, -0.2) is 33.1 Å². The lowest BCUT2D eigenvalue weighted by atomic mass is 9.88. The van der Waals surface area contributed by atoms with E-state index in [0.717, 1.165) is 29.7 Å². The topological polar surface area (TPSA) is 99.9 Å². The highest BCUT2D eigenvalue weighted by atomic mass is 32.1. The number of nitrogens with one attached hydrogen (secondary N) is 1. The first-order valence-corrected chi connectivity index (χ1v) is 9.76. The average molecular weight is 404 g/mol. The van der Waals surface area contributed by atoms with E-state index in [4.69, 9.17) is 19.9 Å². The zero-order valence-corrected chi connectivity index (χ0v) is 17.2.